The fraction of sp³-hybridized carbons (Fsp3) is 0.290. The number of carbonyl (C=O) groups excluding carboxylic acids is 2. The number of rotatable bonds is 11. The summed E-state index contributed by atoms with van der Waals surface area (Å²) in [5.41, 5.74) is 6.87. The molecule has 4 rings (SSSR count). The maximum atomic E-state index is 13.7. The molecule has 3 aromatic rings. The zero-order valence-electron chi connectivity index (χ0n) is 20.5. The molecule has 0 aliphatic heterocycles. The van der Waals surface area contributed by atoms with Crippen LogP contribution in [0.3, 0.4) is 0 Å². The number of carbonyl (C=O) groups is 2. The van der Waals surface area contributed by atoms with Crippen molar-refractivity contribution in [2.24, 2.45) is 0 Å². The predicted octanol–water partition coefficient (Wildman–Crippen LogP) is 6.21. The van der Waals surface area contributed by atoms with E-state index in [0.717, 1.165) is 30.4 Å². The van der Waals surface area contributed by atoms with Crippen LogP contribution in [0.15, 0.2) is 85.5 Å². The van der Waals surface area contributed by atoms with E-state index in [9.17, 15) is 9.59 Å². The highest BCUT2D eigenvalue weighted by molar-refractivity contribution is 5.89. The Morgan fingerprint density at radius 2 is 1.74 bits per heavy atom. The van der Waals surface area contributed by atoms with E-state index in [2.05, 4.69) is 55.2 Å². The largest absolute Gasteiger partial charge is 0.350 e. The normalized spacial score (nSPS) is 12.4. The second kappa shape index (κ2) is 11.7. The van der Waals surface area contributed by atoms with E-state index in [4.69, 9.17) is 0 Å². The number of allylic oxidation sites excluding steroid dienone is 1. The van der Waals surface area contributed by atoms with Crippen molar-refractivity contribution in [3.8, 4) is 11.1 Å². The lowest BCUT2D eigenvalue weighted by Gasteiger charge is -2.32. The molecule has 0 heterocycles. The molecule has 0 aromatic heterocycles. The van der Waals surface area contributed by atoms with Crippen LogP contribution in [0.1, 0.15) is 60.9 Å². The first kappa shape index (κ1) is 24.5. The summed E-state index contributed by atoms with van der Waals surface area (Å²) in [6, 6.07) is 23.9. The maximum Gasteiger partial charge on any atom is 0.247 e. The highest BCUT2D eigenvalue weighted by Crippen LogP contribution is 2.38. The van der Waals surface area contributed by atoms with Gasteiger partial charge in [-0.2, -0.15) is 0 Å². The van der Waals surface area contributed by atoms with E-state index in [0.29, 0.717) is 25.9 Å². The summed E-state index contributed by atoms with van der Waals surface area (Å²) in [4.78, 5) is 28.8. The highest BCUT2D eigenvalue weighted by Gasteiger charge is 2.32. The lowest BCUT2D eigenvalue weighted by Crippen LogP contribution is -2.44. The molecule has 0 bridgehead atoms. The molecule has 1 N–H and O–H groups in total. The topological polar surface area (TPSA) is 49.4 Å². The van der Waals surface area contributed by atoms with Crippen LogP contribution in [0, 0.1) is 0 Å². The highest BCUT2D eigenvalue weighted by atomic mass is 16.2. The van der Waals surface area contributed by atoms with Crippen molar-refractivity contribution in [2.45, 2.75) is 51.6 Å². The SMILES string of the molecule is C=CCCC(=O)N(CCCC)C(C(=O)NCc1ccccc1)c1ccc2c(c1)Cc1ccccc1-2. The molecule has 0 radical (unpaired) electrons. The van der Waals surface area contributed by atoms with Gasteiger partial charge in [0.2, 0.25) is 11.8 Å². The summed E-state index contributed by atoms with van der Waals surface area (Å²) in [7, 11) is 0. The smallest absolute Gasteiger partial charge is 0.247 e. The van der Waals surface area contributed by atoms with Crippen molar-refractivity contribution in [1.82, 2.24) is 10.2 Å². The fourth-order valence-electron chi connectivity index (χ4n) is 4.79. The summed E-state index contributed by atoms with van der Waals surface area (Å²) in [6.45, 7) is 6.84. The van der Waals surface area contributed by atoms with Gasteiger partial charge in [-0.3, -0.25) is 9.59 Å². The average molecular weight is 467 g/mol. The molecule has 1 unspecified atom stereocenters. The molecule has 2 amide bonds. The first-order valence-corrected chi connectivity index (χ1v) is 12.6. The van der Waals surface area contributed by atoms with Crippen LogP contribution >= 0.6 is 0 Å². The van der Waals surface area contributed by atoms with E-state index in [-0.39, 0.29) is 11.8 Å². The van der Waals surface area contributed by atoms with Crippen molar-refractivity contribution in [3.05, 3.63) is 108 Å². The van der Waals surface area contributed by atoms with Crippen LogP contribution in [-0.4, -0.2) is 23.3 Å². The van der Waals surface area contributed by atoms with E-state index in [1.807, 2.05) is 36.4 Å². The first-order chi connectivity index (χ1) is 17.1. The van der Waals surface area contributed by atoms with Gasteiger partial charge in [0.25, 0.3) is 0 Å². The van der Waals surface area contributed by atoms with Gasteiger partial charge in [-0.15, -0.1) is 6.58 Å². The molecule has 3 aromatic carbocycles. The number of nitrogens with zero attached hydrogens (tertiary/aromatic N) is 1. The van der Waals surface area contributed by atoms with Crippen LogP contribution in [0.25, 0.3) is 11.1 Å². The summed E-state index contributed by atoms with van der Waals surface area (Å²) >= 11 is 0. The van der Waals surface area contributed by atoms with Crippen molar-refractivity contribution in [2.75, 3.05) is 6.54 Å². The number of nitrogens with one attached hydrogen (secondary N) is 1. The molecule has 4 nitrogen and oxygen atoms in total. The zero-order valence-corrected chi connectivity index (χ0v) is 20.5. The van der Waals surface area contributed by atoms with Gasteiger partial charge in [0.1, 0.15) is 6.04 Å². The van der Waals surface area contributed by atoms with Crippen LogP contribution < -0.4 is 5.32 Å². The van der Waals surface area contributed by atoms with Gasteiger partial charge >= 0.3 is 0 Å². The first-order valence-electron chi connectivity index (χ1n) is 12.6. The standard InChI is InChI=1S/C31H34N2O2/c1-3-5-16-29(34)33(19-6-4-2)30(31(35)32-22-23-12-8-7-9-13-23)25-17-18-28-26(21-25)20-24-14-10-11-15-27(24)28/h3,7-15,17-18,21,30H,1,4-6,16,19-20,22H2,2H3,(H,32,35). The van der Waals surface area contributed by atoms with Gasteiger partial charge in [-0.25, -0.2) is 0 Å². The van der Waals surface area contributed by atoms with Gasteiger partial charge in [-0.05, 0) is 52.6 Å². The molecule has 0 fully saturated rings. The van der Waals surface area contributed by atoms with Crippen molar-refractivity contribution >= 4 is 11.8 Å². The minimum absolute atomic E-state index is 0.0120. The Bertz CT molecular complexity index is 1190. The van der Waals surface area contributed by atoms with E-state index in [1.165, 1.54) is 22.3 Å². The van der Waals surface area contributed by atoms with Crippen molar-refractivity contribution in [3.63, 3.8) is 0 Å². The van der Waals surface area contributed by atoms with Crippen LogP contribution in [0.5, 0.6) is 0 Å². The number of hydrogen-bond donors (Lipinski definition) is 1. The molecular formula is C31H34N2O2. The van der Waals surface area contributed by atoms with E-state index in [1.54, 1.807) is 11.0 Å². The molecule has 1 atom stereocenters. The second-order valence-electron chi connectivity index (χ2n) is 9.12. The van der Waals surface area contributed by atoms with Gasteiger partial charge < -0.3 is 10.2 Å². The van der Waals surface area contributed by atoms with E-state index >= 15 is 0 Å². The number of benzene rings is 3. The minimum atomic E-state index is -0.670. The Morgan fingerprint density at radius 1 is 1.00 bits per heavy atom. The summed E-state index contributed by atoms with van der Waals surface area (Å²) < 4.78 is 0. The third kappa shape index (κ3) is 5.71. The molecule has 35 heavy (non-hydrogen) atoms. The van der Waals surface area contributed by atoms with Crippen molar-refractivity contribution in [1.29, 1.82) is 0 Å². The van der Waals surface area contributed by atoms with Crippen LogP contribution in [-0.2, 0) is 22.6 Å². The monoisotopic (exact) mass is 466 g/mol. The lowest BCUT2D eigenvalue weighted by molar-refractivity contribution is -0.141. The molecular weight excluding hydrogens is 432 g/mol. The summed E-state index contributed by atoms with van der Waals surface area (Å²) in [6.07, 6.45) is 5.34. The predicted molar refractivity (Wildman–Crippen MR) is 142 cm³/mol. The number of hydrogen-bond acceptors (Lipinski definition) is 2. The Kier molecular flexibility index (Phi) is 8.15. The lowest BCUT2D eigenvalue weighted by atomic mass is 9.97. The molecule has 0 saturated carbocycles. The Labute approximate surface area is 208 Å². The third-order valence-electron chi connectivity index (χ3n) is 6.64. The van der Waals surface area contributed by atoms with Gasteiger partial charge in [0.15, 0.2) is 0 Å². The molecule has 0 saturated heterocycles. The maximum absolute atomic E-state index is 13.7. The second-order valence-corrected chi connectivity index (χ2v) is 9.12. The average Bonchev–Trinajstić information content (AvgIpc) is 3.26. The van der Waals surface area contributed by atoms with Gasteiger partial charge in [0.05, 0.1) is 0 Å². The van der Waals surface area contributed by atoms with Gasteiger partial charge in [0, 0.05) is 19.5 Å². The Hall–Kier alpha value is -3.66. The molecule has 0 spiro atoms. The summed E-state index contributed by atoms with van der Waals surface area (Å²) in [5, 5.41) is 3.10. The Morgan fingerprint density at radius 3 is 2.51 bits per heavy atom. The quantitative estimate of drug-likeness (QED) is 0.267. The van der Waals surface area contributed by atoms with Gasteiger partial charge in [-0.1, -0.05) is 92.2 Å². The molecule has 1 aliphatic carbocycles. The third-order valence-corrected chi connectivity index (χ3v) is 6.64. The molecule has 180 valence electrons. The number of unbranched alkanes of at least 4 members (excludes halogenated alkanes) is 1. The van der Waals surface area contributed by atoms with Crippen LogP contribution in [0.2, 0.25) is 0 Å². The summed E-state index contributed by atoms with van der Waals surface area (Å²) in [5.74, 6) is -0.158. The number of amides is 2. The van der Waals surface area contributed by atoms with Crippen molar-refractivity contribution < 1.29 is 9.59 Å². The van der Waals surface area contributed by atoms with Crippen LogP contribution in [0.4, 0.5) is 0 Å². The Balaban J connectivity index is 1.67. The fourth-order valence-corrected chi connectivity index (χ4v) is 4.79. The zero-order chi connectivity index (χ0) is 24.6. The number of fused-ring (bicyclic) bond motifs is 3. The molecule has 4 heteroatoms. The molecule has 1 aliphatic rings. The minimum Gasteiger partial charge on any atom is -0.350 e. The van der Waals surface area contributed by atoms with E-state index < -0.39 is 6.04 Å².